The van der Waals surface area contributed by atoms with Gasteiger partial charge in [0, 0.05) is 44.8 Å². The summed E-state index contributed by atoms with van der Waals surface area (Å²) in [7, 11) is 3.63. The molecule has 0 unspecified atom stereocenters. The number of fused-ring (bicyclic) bond motifs is 2. The molecule has 37 heavy (non-hydrogen) atoms. The third-order valence-electron chi connectivity index (χ3n) is 7.12. The number of halogens is 1. The van der Waals surface area contributed by atoms with Crippen molar-refractivity contribution in [2.45, 2.75) is 53.1 Å². The van der Waals surface area contributed by atoms with Crippen molar-refractivity contribution < 1.29 is 14.0 Å². The molecular weight excluding hydrogens is 471 g/mol. The molecule has 0 saturated heterocycles. The summed E-state index contributed by atoms with van der Waals surface area (Å²) in [5.74, 6) is -0.536. The number of hydrogen-bond acceptors (Lipinski definition) is 5. The van der Waals surface area contributed by atoms with Crippen molar-refractivity contribution in [1.82, 2.24) is 25.1 Å². The second-order valence-corrected chi connectivity index (χ2v) is 9.93. The summed E-state index contributed by atoms with van der Waals surface area (Å²) in [5, 5.41) is 12.1. The van der Waals surface area contributed by atoms with Crippen molar-refractivity contribution in [2.24, 2.45) is 7.05 Å². The minimum Gasteiger partial charge on any atom is -0.355 e. The number of hydrogen-bond donors (Lipinski definition) is 1. The minimum atomic E-state index is -0.276. The maximum atomic E-state index is 13.7. The van der Waals surface area contributed by atoms with E-state index < -0.39 is 0 Å². The van der Waals surface area contributed by atoms with Gasteiger partial charge in [-0.15, -0.1) is 0 Å². The molecule has 3 aromatic rings. The van der Waals surface area contributed by atoms with E-state index in [4.69, 9.17) is 0 Å². The van der Waals surface area contributed by atoms with E-state index in [1.165, 1.54) is 12.1 Å². The number of anilines is 1. The van der Waals surface area contributed by atoms with Crippen LogP contribution in [0.15, 0.2) is 30.3 Å². The first kappa shape index (κ1) is 26.6. The van der Waals surface area contributed by atoms with Crippen molar-refractivity contribution in [3.05, 3.63) is 58.5 Å². The lowest BCUT2D eigenvalue weighted by Crippen LogP contribution is -2.48. The van der Waals surface area contributed by atoms with Gasteiger partial charge in [0.25, 0.3) is 5.91 Å². The van der Waals surface area contributed by atoms with Gasteiger partial charge in [0.2, 0.25) is 5.91 Å². The first-order valence-corrected chi connectivity index (χ1v) is 12.9. The summed E-state index contributed by atoms with van der Waals surface area (Å²) in [6, 6.07) is 8.82. The van der Waals surface area contributed by atoms with Gasteiger partial charge in [-0.1, -0.05) is 25.8 Å². The summed E-state index contributed by atoms with van der Waals surface area (Å²) >= 11 is 0. The normalized spacial score (nSPS) is 13.1. The molecule has 9 heteroatoms. The molecule has 0 atom stereocenters. The zero-order valence-electron chi connectivity index (χ0n) is 22.5. The predicted octanol–water partition coefficient (Wildman–Crippen LogP) is 3.83. The van der Waals surface area contributed by atoms with Crippen LogP contribution in [0.4, 0.5) is 10.1 Å². The number of aromatic nitrogens is 2. The Balaban J connectivity index is 1.55. The highest BCUT2D eigenvalue weighted by Gasteiger charge is 2.27. The minimum absolute atomic E-state index is 0.0310. The summed E-state index contributed by atoms with van der Waals surface area (Å²) in [4.78, 5) is 28.2. The molecule has 198 valence electrons. The lowest BCUT2D eigenvalue weighted by atomic mass is 10.1. The van der Waals surface area contributed by atoms with Gasteiger partial charge in [-0.2, -0.15) is 5.10 Å². The molecule has 2 heterocycles. The lowest BCUT2D eigenvalue weighted by molar-refractivity contribution is -0.145. The number of unbranched alkanes of at least 4 members (excludes halogenated alkanes) is 2. The second-order valence-electron chi connectivity index (χ2n) is 9.93. The molecule has 2 aromatic carbocycles. The molecular formula is C28H37FN6O2. The summed E-state index contributed by atoms with van der Waals surface area (Å²) in [5.41, 5.74) is 5.58. The Morgan fingerprint density at radius 1 is 1.08 bits per heavy atom. The summed E-state index contributed by atoms with van der Waals surface area (Å²) < 4.78 is 15.5. The third-order valence-corrected chi connectivity index (χ3v) is 7.12. The highest BCUT2D eigenvalue weighted by Crippen LogP contribution is 2.29. The average molecular weight is 509 g/mol. The van der Waals surface area contributed by atoms with Crippen LogP contribution in [-0.2, 0) is 29.7 Å². The number of rotatable bonds is 10. The van der Waals surface area contributed by atoms with E-state index in [1.54, 1.807) is 18.1 Å². The molecule has 2 amide bonds. The smallest absolute Gasteiger partial charge is 0.256 e. The van der Waals surface area contributed by atoms with Crippen molar-refractivity contribution in [2.75, 3.05) is 31.6 Å². The molecule has 0 bridgehead atoms. The highest BCUT2D eigenvalue weighted by molar-refractivity contribution is 5.91. The van der Waals surface area contributed by atoms with E-state index in [0.29, 0.717) is 19.6 Å². The number of benzene rings is 2. The standard InChI is InChI=1S/C28H37FN6O2/c1-6-7-8-11-30-27(36)17-34(25-14-26-24(12-19(25)2)20(3)31-32(26)4)18-28(37)33(5)35-15-21-9-10-23(29)13-22(21)16-35/h9-10,12-14H,6-8,11,15-18H2,1-5H3,(H,30,36). The Hall–Kier alpha value is -3.46. The van der Waals surface area contributed by atoms with Gasteiger partial charge in [-0.25, -0.2) is 9.40 Å². The van der Waals surface area contributed by atoms with Gasteiger partial charge >= 0.3 is 0 Å². The van der Waals surface area contributed by atoms with E-state index in [2.05, 4.69) is 23.4 Å². The zero-order valence-corrected chi connectivity index (χ0v) is 22.5. The van der Waals surface area contributed by atoms with E-state index in [9.17, 15) is 14.0 Å². The van der Waals surface area contributed by atoms with Crippen molar-refractivity contribution in [1.29, 1.82) is 0 Å². The van der Waals surface area contributed by atoms with Crippen LogP contribution in [0.5, 0.6) is 0 Å². The molecule has 0 saturated carbocycles. The van der Waals surface area contributed by atoms with E-state index in [-0.39, 0.29) is 30.7 Å². The Morgan fingerprint density at radius 3 is 2.59 bits per heavy atom. The van der Waals surface area contributed by atoms with Crippen LogP contribution >= 0.6 is 0 Å². The molecule has 0 radical (unpaired) electrons. The molecule has 1 aliphatic rings. The number of amides is 2. The number of nitrogens with zero attached hydrogens (tertiary/aromatic N) is 5. The second kappa shape index (κ2) is 11.3. The fourth-order valence-corrected chi connectivity index (χ4v) is 4.96. The number of aryl methyl sites for hydroxylation is 3. The quantitative estimate of drug-likeness (QED) is 0.422. The number of hydrazine groups is 1. The number of carbonyl (C=O) groups excluding carboxylic acids is 2. The predicted molar refractivity (Wildman–Crippen MR) is 143 cm³/mol. The molecule has 0 spiro atoms. The Bertz CT molecular complexity index is 1300. The fraction of sp³-hybridized carbons (Fsp3) is 0.464. The highest BCUT2D eigenvalue weighted by atomic mass is 19.1. The Labute approximate surface area is 218 Å². The topological polar surface area (TPSA) is 73.7 Å². The molecule has 8 nitrogen and oxygen atoms in total. The van der Waals surface area contributed by atoms with E-state index in [0.717, 1.165) is 58.2 Å². The lowest BCUT2D eigenvalue weighted by Gasteiger charge is -2.32. The van der Waals surface area contributed by atoms with E-state index >= 15 is 0 Å². The molecule has 0 aliphatic carbocycles. The van der Waals surface area contributed by atoms with Crippen LogP contribution in [0.2, 0.25) is 0 Å². The summed E-state index contributed by atoms with van der Waals surface area (Å²) in [6.07, 6.45) is 3.07. The Kier molecular flexibility index (Phi) is 8.12. The van der Waals surface area contributed by atoms with Crippen LogP contribution < -0.4 is 10.2 Å². The zero-order chi connectivity index (χ0) is 26.7. The number of likely N-dealkylation sites (N-methyl/N-ethyl adjacent to an activating group) is 1. The van der Waals surface area contributed by atoms with Crippen LogP contribution in [0.3, 0.4) is 0 Å². The summed E-state index contributed by atoms with van der Waals surface area (Å²) in [6.45, 7) is 7.82. The fourth-order valence-electron chi connectivity index (χ4n) is 4.96. The third kappa shape index (κ3) is 5.93. The van der Waals surface area contributed by atoms with Crippen LogP contribution in [-0.4, -0.2) is 58.3 Å². The van der Waals surface area contributed by atoms with Crippen LogP contribution in [0.1, 0.15) is 48.6 Å². The molecule has 0 fully saturated rings. The number of nitrogens with one attached hydrogen (secondary N) is 1. The van der Waals surface area contributed by atoms with Gasteiger partial charge < -0.3 is 10.2 Å². The average Bonchev–Trinajstić information content (AvgIpc) is 3.40. The molecule has 4 rings (SSSR count). The van der Waals surface area contributed by atoms with Crippen LogP contribution in [0, 0.1) is 19.7 Å². The van der Waals surface area contributed by atoms with Crippen molar-refractivity contribution >= 4 is 28.4 Å². The number of carbonyl (C=O) groups is 2. The van der Waals surface area contributed by atoms with Crippen LogP contribution in [0.25, 0.3) is 10.9 Å². The SMILES string of the molecule is CCCCCNC(=O)CN(CC(=O)N(C)N1Cc2ccc(F)cc2C1)c1cc2c(cc1C)c(C)nn2C. The first-order valence-electron chi connectivity index (χ1n) is 12.9. The maximum absolute atomic E-state index is 13.7. The van der Waals surface area contributed by atoms with Gasteiger partial charge in [-0.3, -0.25) is 19.3 Å². The van der Waals surface area contributed by atoms with Gasteiger partial charge in [0.15, 0.2) is 0 Å². The molecule has 1 N–H and O–H groups in total. The Morgan fingerprint density at radius 2 is 1.84 bits per heavy atom. The maximum Gasteiger partial charge on any atom is 0.256 e. The van der Waals surface area contributed by atoms with Crippen molar-refractivity contribution in [3.8, 4) is 0 Å². The monoisotopic (exact) mass is 508 g/mol. The van der Waals surface area contributed by atoms with Crippen molar-refractivity contribution in [3.63, 3.8) is 0 Å². The van der Waals surface area contributed by atoms with Gasteiger partial charge in [-0.05, 0) is 61.2 Å². The van der Waals surface area contributed by atoms with Gasteiger partial charge in [0.05, 0.1) is 24.3 Å². The first-order chi connectivity index (χ1) is 17.7. The molecule has 1 aliphatic heterocycles. The van der Waals surface area contributed by atoms with E-state index in [1.807, 2.05) is 41.6 Å². The largest absolute Gasteiger partial charge is 0.355 e. The molecule has 1 aromatic heterocycles. The van der Waals surface area contributed by atoms with Gasteiger partial charge in [0.1, 0.15) is 5.82 Å².